The van der Waals surface area contributed by atoms with Gasteiger partial charge in [-0.25, -0.2) is 0 Å². The molecule has 2 N–H and O–H groups in total. The number of nitrogens with zero attached hydrogens (tertiary/aromatic N) is 1. The maximum Gasteiger partial charge on any atom is 0.463 e. The van der Waals surface area contributed by atoms with Gasteiger partial charge in [0.25, 0.3) is 0 Å². The minimum atomic E-state index is -5.93. The topological polar surface area (TPSA) is 46.3 Å². The molecule has 0 radical (unpaired) electrons. The van der Waals surface area contributed by atoms with Crippen molar-refractivity contribution in [3.8, 4) is 0 Å². The molecule has 20 heavy (non-hydrogen) atoms. The summed E-state index contributed by atoms with van der Waals surface area (Å²) < 4.78 is 63.1. The van der Waals surface area contributed by atoms with E-state index in [-0.39, 0.29) is 25.2 Å². The lowest BCUT2D eigenvalue weighted by Gasteiger charge is -2.28. The van der Waals surface area contributed by atoms with Crippen LogP contribution in [0.2, 0.25) is 0 Å². The van der Waals surface area contributed by atoms with Crippen molar-refractivity contribution in [2.75, 3.05) is 18.0 Å². The average molecular weight is 296 g/mol. The van der Waals surface area contributed by atoms with Crippen LogP contribution < -0.4 is 10.6 Å². The first-order chi connectivity index (χ1) is 9.21. The summed E-state index contributed by atoms with van der Waals surface area (Å²) in [5.41, 5.74) is 5.17. The third-order valence-electron chi connectivity index (χ3n) is 2.52. The van der Waals surface area contributed by atoms with E-state index >= 15 is 0 Å². The molecule has 1 aromatic carbocycles. The Hall–Kier alpha value is -1.70. The van der Waals surface area contributed by atoms with Crippen LogP contribution in [0.3, 0.4) is 0 Å². The van der Waals surface area contributed by atoms with Crippen molar-refractivity contribution in [3.63, 3.8) is 0 Å². The molecule has 0 saturated carbocycles. The van der Waals surface area contributed by atoms with E-state index in [0.717, 1.165) is 0 Å². The Balaban J connectivity index is 3.09. The van der Waals surface area contributed by atoms with Crippen molar-refractivity contribution in [2.24, 2.45) is 5.73 Å². The second kappa shape index (κ2) is 6.17. The van der Waals surface area contributed by atoms with Gasteiger partial charge in [-0.2, -0.15) is 22.0 Å². The molecule has 0 aromatic heterocycles. The fraction of sp³-hybridized carbons (Fsp3) is 0.417. The molecule has 3 nitrogen and oxygen atoms in total. The summed E-state index contributed by atoms with van der Waals surface area (Å²) in [5, 5.41) is 0. The number of benzene rings is 1. The molecule has 0 bridgehead atoms. The van der Waals surface area contributed by atoms with Crippen LogP contribution in [0.4, 0.5) is 27.6 Å². The van der Waals surface area contributed by atoms with Crippen molar-refractivity contribution < 1.29 is 26.7 Å². The quantitative estimate of drug-likeness (QED) is 0.849. The molecule has 1 rings (SSSR count). The zero-order valence-electron chi connectivity index (χ0n) is 10.3. The summed E-state index contributed by atoms with van der Waals surface area (Å²) in [6.07, 6.45) is -5.83. The normalized spacial score (nSPS) is 12.3. The van der Waals surface area contributed by atoms with Gasteiger partial charge >= 0.3 is 18.0 Å². The Bertz CT molecular complexity index is 447. The maximum atomic E-state index is 13.1. The van der Waals surface area contributed by atoms with Crippen molar-refractivity contribution in [2.45, 2.75) is 18.5 Å². The summed E-state index contributed by atoms with van der Waals surface area (Å²) in [6, 6.07) is 6.98. The Labute approximate surface area is 112 Å². The highest BCUT2D eigenvalue weighted by Crippen LogP contribution is 2.37. The molecular formula is C12H13F5N2O. The largest absolute Gasteiger partial charge is 0.463 e. The zero-order valence-corrected chi connectivity index (χ0v) is 10.3. The number of alkyl halides is 5. The zero-order chi connectivity index (χ0) is 15.4. The number of anilines is 1. The number of hydrogen-bond donors (Lipinski definition) is 1. The Morgan fingerprint density at radius 3 is 2.10 bits per heavy atom. The number of nitrogens with two attached hydrogens (primary N) is 1. The van der Waals surface area contributed by atoms with Gasteiger partial charge in [0.1, 0.15) is 0 Å². The van der Waals surface area contributed by atoms with E-state index in [1.165, 1.54) is 24.3 Å². The van der Waals surface area contributed by atoms with Gasteiger partial charge in [0.15, 0.2) is 0 Å². The first-order valence-corrected chi connectivity index (χ1v) is 5.73. The van der Waals surface area contributed by atoms with Crippen LogP contribution in [-0.4, -0.2) is 31.1 Å². The van der Waals surface area contributed by atoms with Crippen LogP contribution in [0.1, 0.15) is 6.42 Å². The highest BCUT2D eigenvalue weighted by molar-refractivity contribution is 5.98. The first-order valence-electron chi connectivity index (χ1n) is 5.73. The fourth-order valence-corrected chi connectivity index (χ4v) is 1.50. The van der Waals surface area contributed by atoms with Crippen LogP contribution in [0.5, 0.6) is 0 Å². The molecule has 0 atom stereocenters. The summed E-state index contributed by atoms with van der Waals surface area (Å²) in [6.45, 7) is -0.251. The molecular weight excluding hydrogens is 283 g/mol. The lowest BCUT2D eigenvalue weighted by molar-refractivity contribution is -0.268. The number of carbonyl (C=O) groups excluding carboxylic acids is 1. The molecule has 0 heterocycles. The smallest absolute Gasteiger partial charge is 0.330 e. The van der Waals surface area contributed by atoms with Gasteiger partial charge < -0.3 is 10.6 Å². The summed E-state index contributed by atoms with van der Waals surface area (Å²) in [4.78, 5) is 11.9. The standard InChI is InChI=1S/C12H13F5N2O/c13-11(14,12(15,16)17)10(20)19(8-4-7-18)9-5-2-1-3-6-9/h1-3,5-6H,4,7-8,18H2. The van der Waals surface area contributed by atoms with E-state index in [0.29, 0.717) is 4.90 Å². The number of amides is 1. The van der Waals surface area contributed by atoms with E-state index in [2.05, 4.69) is 0 Å². The summed E-state index contributed by atoms with van der Waals surface area (Å²) >= 11 is 0. The van der Waals surface area contributed by atoms with Gasteiger partial charge in [0.05, 0.1) is 0 Å². The molecule has 1 aromatic rings. The maximum absolute atomic E-state index is 13.1. The van der Waals surface area contributed by atoms with Crippen molar-refractivity contribution in [1.82, 2.24) is 0 Å². The second-order valence-electron chi connectivity index (χ2n) is 4.01. The van der Waals surface area contributed by atoms with Crippen LogP contribution in [0.25, 0.3) is 0 Å². The lowest BCUT2D eigenvalue weighted by atomic mass is 10.2. The predicted molar refractivity (Wildman–Crippen MR) is 63.5 cm³/mol. The molecule has 0 aliphatic carbocycles. The first kappa shape index (κ1) is 16.4. The number of halogens is 5. The van der Waals surface area contributed by atoms with Gasteiger partial charge in [-0.15, -0.1) is 0 Å². The molecule has 112 valence electrons. The second-order valence-corrected chi connectivity index (χ2v) is 4.01. The summed E-state index contributed by atoms with van der Waals surface area (Å²) in [5.74, 6) is -7.73. The lowest BCUT2D eigenvalue weighted by Crippen LogP contribution is -2.52. The Kier molecular flexibility index (Phi) is 5.04. The highest BCUT2D eigenvalue weighted by atomic mass is 19.4. The molecule has 0 aliphatic heterocycles. The van der Waals surface area contributed by atoms with Crippen molar-refractivity contribution in [3.05, 3.63) is 30.3 Å². The SMILES string of the molecule is NCCCN(C(=O)C(F)(F)C(F)(F)F)c1ccccc1. The van der Waals surface area contributed by atoms with E-state index in [9.17, 15) is 26.7 Å². The summed E-state index contributed by atoms with van der Waals surface area (Å²) in [7, 11) is 0. The van der Waals surface area contributed by atoms with Gasteiger partial charge in [-0.3, -0.25) is 4.79 Å². The van der Waals surface area contributed by atoms with E-state index < -0.39 is 18.0 Å². The fourth-order valence-electron chi connectivity index (χ4n) is 1.50. The van der Waals surface area contributed by atoms with Crippen LogP contribution in [0.15, 0.2) is 30.3 Å². The third-order valence-corrected chi connectivity index (χ3v) is 2.52. The van der Waals surface area contributed by atoms with Crippen LogP contribution in [-0.2, 0) is 4.79 Å². The van der Waals surface area contributed by atoms with E-state index in [1.807, 2.05) is 0 Å². The van der Waals surface area contributed by atoms with Gasteiger partial charge in [-0.05, 0) is 25.1 Å². The van der Waals surface area contributed by atoms with Crippen LogP contribution in [0, 0.1) is 0 Å². The molecule has 0 spiro atoms. The number of para-hydroxylation sites is 1. The average Bonchev–Trinajstić information content (AvgIpc) is 2.38. The van der Waals surface area contributed by atoms with Gasteiger partial charge in [0.2, 0.25) is 0 Å². The van der Waals surface area contributed by atoms with Crippen molar-refractivity contribution in [1.29, 1.82) is 0 Å². The van der Waals surface area contributed by atoms with Gasteiger partial charge in [0, 0.05) is 12.2 Å². The highest BCUT2D eigenvalue weighted by Gasteiger charge is 2.64. The number of hydrogen-bond acceptors (Lipinski definition) is 2. The van der Waals surface area contributed by atoms with Crippen molar-refractivity contribution >= 4 is 11.6 Å². The Morgan fingerprint density at radius 1 is 1.10 bits per heavy atom. The Morgan fingerprint density at radius 2 is 1.65 bits per heavy atom. The number of rotatable bonds is 5. The third kappa shape index (κ3) is 3.44. The predicted octanol–water partition coefficient (Wildman–Crippen LogP) is 2.57. The van der Waals surface area contributed by atoms with E-state index in [4.69, 9.17) is 5.73 Å². The molecule has 0 aliphatic rings. The van der Waals surface area contributed by atoms with Crippen LogP contribution >= 0.6 is 0 Å². The van der Waals surface area contributed by atoms with E-state index in [1.54, 1.807) is 6.07 Å². The number of carbonyl (C=O) groups is 1. The molecule has 0 unspecified atom stereocenters. The minimum Gasteiger partial charge on any atom is -0.330 e. The monoisotopic (exact) mass is 296 g/mol. The minimum absolute atomic E-state index is 0.0325. The molecule has 0 saturated heterocycles. The molecule has 0 fully saturated rings. The van der Waals surface area contributed by atoms with Gasteiger partial charge in [-0.1, -0.05) is 18.2 Å². The molecule has 1 amide bonds. The molecule has 8 heteroatoms.